The van der Waals surface area contributed by atoms with Gasteiger partial charge < -0.3 is 5.32 Å². The highest BCUT2D eigenvalue weighted by atomic mass is 31.0. The van der Waals surface area contributed by atoms with E-state index in [9.17, 15) is 8.78 Å². The molecule has 0 spiro atoms. The molecule has 0 radical (unpaired) electrons. The minimum absolute atomic E-state index is 0.0463. The molecule has 130 valence electrons. The van der Waals surface area contributed by atoms with Gasteiger partial charge in [0.05, 0.1) is 6.20 Å². The fourth-order valence-corrected chi connectivity index (χ4v) is 3.00. The zero-order chi connectivity index (χ0) is 18.0. The van der Waals surface area contributed by atoms with Gasteiger partial charge in [-0.05, 0) is 32.0 Å². The fraction of sp³-hybridized carbons (Fsp3) is 0.211. The molecule has 0 bridgehead atoms. The number of para-hydroxylation sites is 1. The van der Waals surface area contributed by atoms with Crippen LogP contribution in [0.1, 0.15) is 18.2 Å². The summed E-state index contributed by atoms with van der Waals surface area (Å²) in [7, 11) is 1.57. The summed E-state index contributed by atoms with van der Waals surface area (Å²) in [6, 6.07) is 14.1. The first-order valence-electron chi connectivity index (χ1n) is 8.06. The first-order valence-corrected chi connectivity index (χ1v) is 8.64. The maximum atomic E-state index is 13.5. The molecule has 0 amide bonds. The molecule has 1 atom stereocenters. The molecule has 25 heavy (non-hydrogen) atoms. The summed E-state index contributed by atoms with van der Waals surface area (Å²) >= 11 is 0. The highest BCUT2D eigenvalue weighted by molar-refractivity contribution is 7.17. The van der Waals surface area contributed by atoms with E-state index in [0.29, 0.717) is 5.69 Å². The average Bonchev–Trinajstić information content (AvgIpc) is 2.95. The molecule has 0 aliphatic rings. The predicted octanol–water partition coefficient (Wildman–Crippen LogP) is 5.55. The van der Waals surface area contributed by atoms with Crippen LogP contribution in [0.2, 0.25) is 0 Å². The summed E-state index contributed by atoms with van der Waals surface area (Å²) in [4.78, 5) is 0. The number of hydrogen-bond acceptors (Lipinski definition) is 2. The molecule has 3 rings (SSSR count). The van der Waals surface area contributed by atoms with Gasteiger partial charge in [-0.2, -0.15) is 13.9 Å². The fourth-order valence-electron chi connectivity index (χ4n) is 2.82. The number of nitrogens with one attached hydrogen (secondary N) is 1. The second kappa shape index (κ2) is 6.93. The van der Waals surface area contributed by atoms with E-state index in [2.05, 4.69) is 10.4 Å². The van der Waals surface area contributed by atoms with Gasteiger partial charge in [-0.25, -0.2) is 0 Å². The van der Waals surface area contributed by atoms with E-state index >= 15 is 0 Å². The number of aromatic nitrogens is 2. The number of rotatable bonds is 5. The van der Waals surface area contributed by atoms with E-state index in [-0.39, 0.29) is 5.56 Å². The third kappa shape index (κ3) is 3.72. The maximum Gasteiger partial charge on any atom is 0.283 e. The highest BCUT2D eigenvalue weighted by Gasteiger charge is 2.24. The summed E-state index contributed by atoms with van der Waals surface area (Å²) in [6.07, 6.45) is 1.84. The van der Waals surface area contributed by atoms with Crippen LogP contribution in [0.5, 0.6) is 0 Å². The Hall–Kier alpha value is -2.26. The number of halogens is 2. The van der Waals surface area contributed by atoms with Crippen LogP contribution < -0.4 is 5.32 Å². The van der Waals surface area contributed by atoms with Gasteiger partial charge in [0.15, 0.2) is 0 Å². The molecule has 1 unspecified atom stereocenters. The van der Waals surface area contributed by atoms with Gasteiger partial charge in [0.25, 0.3) is 5.66 Å². The van der Waals surface area contributed by atoms with Gasteiger partial charge in [0.2, 0.25) is 0 Å². The SMILES string of the molecule is CCn1ncc(-c2ccccc2Nc2cccc(C(F)(F)P)c2)c1C. The van der Waals surface area contributed by atoms with Crippen LogP contribution in [0.15, 0.2) is 54.7 Å². The Morgan fingerprint density at radius 2 is 1.88 bits per heavy atom. The van der Waals surface area contributed by atoms with Gasteiger partial charge in [-0.1, -0.05) is 39.6 Å². The molecule has 0 fully saturated rings. The van der Waals surface area contributed by atoms with Gasteiger partial charge in [0.1, 0.15) is 0 Å². The summed E-state index contributed by atoms with van der Waals surface area (Å²) in [6.45, 7) is 4.87. The molecule has 1 aromatic heterocycles. The lowest BCUT2D eigenvalue weighted by Crippen LogP contribution is -2.03. The molecule has 1 N–H and O–H groups in total. The molecule has 0 saturated carbocycles. The van der Waals surface area contributed by atoms with Crippen LogP contribution in [0, 0.1) is 6.92 Å². The van der Waals surface area contributed by atoms with Crippen molar-refractivity contribution in [2.24, 2.45) is 0 Å². The molecule has 3 nitrogen and oxygen atoms in total. The van der Waals surface area contributed by atoms with Crippen LogP contribution in [-0.2, 0) is 12.2 Å². The second-order valence-corrected chi connectivity index (χ2v) is 6.56. The van der Waals surface area contributed by atoms with Crippen molar-refractivity contribution in [3.05, 3.63) is 66.0 Å². The van der Waals surface area contributed by atoms with Gasteiger partial charge >= 0.3 is 0 Å². The van der Waals surface area contributed by atoms with Crippen molar-refractivity contribution >= 4 is 20.6 Å². The molecule has 2 aromatic carbocycles. The van der Waals surface area contributed by atoms with Crippen molar-refractivity contribution < 1.29 is 8.78 Å². The highest BCUT2D eigenvalue weighted by Crippen LogP contribution is 2.37. The van der Waals surface area contributed by atoms with E-state index in [4.69, 9.17) is 0 Å². The van der Waals surface area contributed by atoms with Crippen LogP contribution >= 0.6 is 9.24 Å². The molecule has 6 heteroatoms. The topological polar surface area (TPSA) is 29.9 Å². The smallest absolute Gasteiger partial charge is 0.283 e. The van der Waals surface area contributed by atoms with E-state index in [0.717, 1.165) is 29.1 Å². The summed E-state index contributed by atoms with van der Waals surface area (Å²) in [5, 5.41) is 7.65. The Balaban J connectivity index is 1.98. The van der Waals surface area contributed by atoms with Crippen LogP contribution in [-0.4, -0.2) is 9.78 Å². The zero-order valence-electron chi connectivity index (χ0n) is 14.1. The molecule has 0 saturated heterocycles. The average molecular weight is 359 g/mol. The predicted molar refractivity (Wildman–Crippen MR) is 101 cm³/mol. The quantitative estimate of drug-likeness (QED) is 0.606. The first-order chi connectivity index (χ1) is 11.9. The van der Waals surface area contributed by atoms with Gasteiger partial charge in [0, 0.05) is 40.3 Å². The minimum Gasteiger partial charge on any atom is -0.355 e. The largest absolute Gasteiger partial charge is 0.355 e. The van der Waals surface area contributed by atoms with Crippen molar-refractivity contribution in [3.8, 4) is 11.1 Å². The number of aryl methyl sites for hydroxylation is 1. The van der Waals surface area contributed by atoms with Crippen molar-refractivity contribution in [1.29, 1.82) is 0 Å². The van der Waals surface area contributed by atoms with Crippen LogP contribution in [0.4, 0.5) is 20.2 Å². The van der Waals surface area contributed by atoms with E-state index in [1.807, 2.05) is 49.0 Å². The third-order valence-corrected chi connectivity index (χ3v) is 4.48. The second-order valence-electron chi connectivity index (χ2n) is 5.83. The number of nitrogens with zero attached hydrogens (tertiary/aromatic N) is 2. The minimum atomic E-state index is -2.95. The summed E-state index contributed by atoms with van der Waals surface area (Å²) in [5.74, 6) is 0. The third-order valence-electron chi connectivity index (χ3n) is 4.15. The Labute approximate surface area is 148 Å². The first kappa shape index (κ1) is 17.6. The number of alkyl halides is 2. The van der Waals surface area contributed by atoms with Crippen LogP contribution in [0.3, 0.4) is 0 Å². The van der Waals surface area contributed by atoms with Gasteiger partial charge in [-0.15, -0.1) is 0 Å². The van der Waals surface area contributed by atoms with E-state index < -0.39 is 5.66 Å². The van der Waals surface area contributed by atoms with Crippen molar-refractivity contribution in [1.82, 2.24) is 9.78 Å². The standard InChI is InChI=1S/C19H20F2N3P/c1-3-24-13(2)17(12-22-24)16-9-4-5-10-18(16)23-15-8-6-7-14(11-15)19(20,21)25/h4-12,23H,3,25H2,1-2H3. The Morgan fingerprint density at radius 3 is 2.56 bits per heavy atom. The maximum absolute atomic E-state index is 13.5. The van der Waals surface area contributed by atoms with Crippen LogP contribution in [0.25, 0.3) is 11.1 Å². The molecular formula is C19H20F2N3P. The Kier molecular flexibility index (Phi) is 4.87. The molecule has 3 aromatic rings. The monoisotopic (exact) mass is 359 g/mol. The van der Waals surface area contributed by atoms with Crippen molar-refractivity contribution in [2.75, 3.05) is 5.32 Å². The normalized spacial score (nSPS) is 11.6. The summed E-state index contributed by atoms with van der Waals surface area (Å²) < 4.78 is 29.0. The Morgan fingerprint density at radius 1 is 1.12 bits per heavy atom. The van der Waals surface area contributed by atoms with E-state index in [1.54, 1.807) is 21.4 Å². The van der Waals surface area contributed by atoms with Gasteiger partial charge in [-0.3, -0.25) is 4.68 Å². The molecule has 0 aliphatic heterocycles. The summed E-state index contributed by atoms with van der Waals surface area (Å²) in [5.41, 5.74) is 1.56. The number of hydrogen-bond donors (Lipinski definition) is 1. The number of anilines is 2. The molecular weight excluding hydrogens is 339 g/mol. The molecule has 1 heterocycles. The lowest BCUT2D eigenvalue weighted by Gasteiger charge is -2.15. The van der Waals surface area contributed by atoms with Crippen molar-refractivity contribution in [3.63, 3.8) is 0 Å². The lowest BCUT2D eigenvalue weighted by molar-refractivity contribution is 0.104. The molecule has 0 aliphatic carbocycles. The lowest BCUT2D eigenvalue weighted by atomic mass is 10.0. The van der Waals surface area contributed by atoms with Crippen molar-refractivity contribution in [2.45, 2.75) is 26.1 Å². The van der Waals surface area contributed by atoms with E-state index in [1.165, 1.54) is 12.1 Å². The zero-order valence-corrected chi connectivity index (χ0v) is 15.3. The number of benzene rings is 2. The Bertz CT molecular complexity index is 884.